The van der Waals surface area contributed by atoms with E-state index < -0.39 is 9.84 Å². The van der Waals surface area contributed by atoms with E-state index >= 15 is 0 Å². The minimum atomic E-state index is -3.58. The summed E-state index contributed by atoms with van der Waals surface area (Å²) >= 11 is 0. The number of fused-ring (bicyclic) bond motifs is 1. The van der Waals surface area contributed by atoms with E-state index in [4.69, 9.17) is 5.26 Å². The molecule has 3 aromatic rings. The number of amides is 1. The lowest BCUT2D eigenvalue weighted by Gasteiger charge is -2.16. The zero-order valence-electron chi connectivity index (χ0n) is 15.6. The number of para-hydroxylation sites is 1. The van der Waals surface area contributed by atoms with Gasteiger partial charge in [0, 0.05) is 30.7 Å². The minimum Gasteiger partial charge on any atom is -0.343 e. The summed E-state index contributed by atoms with van der Waals surface area (Å²) in [6.07, 6.45) is 1.80. The lowest BCUT2D eigenvalue weighted by molar-refractivity contribution is -0.130. The second-order valence-electron chi connectivity index (χ2n) is 6.61. The number of sulfone groups is 1. The number of likely N-dealkylation sites (N-methyl/N-ethyl adjacent to an activating group) is 1. The number of hydrogen-bond acceptors (Lipinski definition) is 4. The number of nitriles is 1. The maximum Gasteiger partial charge on any atom is 0.242 e. The first-order valence-corrected chi connectivity index (χ1v) is 10.5. The van der Waals surface area contributed by atoms with Gasteiger partial charge in [-0.15, -0.1) is 0 Å². The van der Waals surface area contributed by atoms with Crippen LogP contribution < -0.4 is 0 Å². The fraction of sp³-hybridized carbons (Fsp3) is 0.238. The van der Waals surface area contributed by atoms with Crippen LogP contribution in [-0.2, 0) is 26.9 Å². The summed E-state index contributed by atoms with van der Waals surface area (Å²) in [5.41, 5.74) is 1.41. The molecule has 1 aromatic heterocycles. The fourth-order valence-corrected chi connectivity index (χ4v) is 4.65. The molecule has 0 saturated carbocycles. The van der Waals surface area contributed by atoms with Gasteiger partial charge in [-0.2, -0.15) is 5.26 Å². The van der Waals surface area contributed by atoms with Crippen molar-refractivity contribution in [2.75, 3.05) is 13.6 Å². The summed E-state index contributed by atoms with van der Waals surface area (Å²) in [6.45, 7) is 0.358. The lowest BCUT2D eigenvalue weighted by Crippen LogP contribution is -2.30. The van der Waals surface area contributed by atoms with Crippen LogP contribution in [0.4, 0.5) is 0 Å². The zero-order valence-corrected chi connectivity index (χ0v) is 16.4. The van der Waals surface area contributed by atoms with Gasteiger partial charge in [-0.05, 0) is 11.6 Å². The molecule has 6 nitrogen and oxygen atoms in total. The molecule has 0 atom stereocenters. The molecule has 0 radical (unpaired) electrons. The van der Waals surface area contributed by atoms with Crippen molar-refractivity contribution in [3.8, 4) is 6.07 Å². The first-order chi connectivity index (χ1) is 13.4. The maximum atomic E-state index is 13.0. The summed E-state index contributed by atoms with van der Waals surface area (Å²) in [7, 11) is -1.94. The van der Waals surface area contributed by atoms with Gasteiger partial charge < -0.3 is 9.47 Å². The SMILES string of the molecule is CN(CCC#N)C(=O)Cn1cc(S(=O)(=O)Cc2ccccc2)c2ccccc21. The van der Waals surface area contributed by atoms with Crippen LogP contribution in [0.15, 0.2) is 65.7 Å². The highest BCUT2D eigenvalue weighted by Gasteiger charge is 2.22. The Bertz CT molecular complexity index is 1130. The predicted octanol–water partition coefficient (Wildman–Crippen LogP) is 2.99. The normalized spacial score (nSPS) is 11.3. The summed E-state index contributed by atoms with van der Waals surface area (Å²) in [5, 5.41) is 9.28. The van der Waals surface area contributed by atoms with Gasteiger partial charge in [-0.1, -0.05) is 48.5 Å². The molecule has 0 fully saturated rings. The maximum absolute atomic E-state index is 13.0. The van der Waals surface area contributed by atoms with Gasteiger partial charge in [0.1, 0.15) is 6.54 Å². The molecular formula is C21H21N3O3S. The smallest absolute Gasteiger partial charge is 0.242 e. The molecule has 0 unspecified atom stereocenters. The van der Waals surface area contributed by atoms with Gasteiger partial charge in [0.05, 0.1) is 23.1 Å². The molecule has 0 saturated heterocycles. The largest absolute Gasteiger partial charge is 0.343 e. The highest BCUT2D eigenvalue weighted by molar-refractivity contribution is 7.90. The Labute approximate surface area is 164 Å². The first kappa shape index (κ1) is 19.6. The van der Waals surface area contributed by atoms with Gasteiger partial charge in [0.2, 0.25) is 5.91 Å². The van der Waals surface area contributed by atoms with Crippen LogP contribution in [0, 0.1) is 11.3 Å². The second kappa shape index (κ2) is 8.28. The second-order valence-corrected chi connectivity index (χ2v) is 8.56. The van der Waals surface area contributed by atoms with Crippen molar-refractivity contribution in [2.45, 2.75) is 23.6 Å². The van der Waals surface area contributed by atoms with E-state index in [1.54, 1.807) is 48.1 Å². The van der Waals surface area contributed by atoms with Gasteiger partial charge in [0.25, 0.3) is 0 Å². The molecule has 2 aromatic carbocycles. The number of benzene rings is 2. The van der Waals surface area contributed by atoms with Crippen molar-refractivity contribution in [3.63, 3.8) is 0 Å². The van der Waals surface area contributed by atoms with Gasteiger partial charge in [-0.3, -0.25) is 4.79 Å². The monoisotopic (exact) mass is 395 g/mol. The van der Waals surface area contributed by atoms with Crippen LogP contribution in [0.2, 0.25) is 0 Å². The van der Waals surface area contributed by atoms with E-state index in [-0.39, 0.29) is 29.5 Å². The van der Waals surface area contributed by atoms with Crippen molar-refractivity contribution in [1.82, 2.24) is 9.47 Å². The van der Waals surface area contributed by atoms with Gasteiger partial charge in [0.15, 0.2) is 9.84 Å². The Morgan fingerprint density at radius 3 is 2.50 bits per heavy atom. The van der Waals surface area contributed by atoms with Crippen molar-refractivity contribution in [1.29, 1.82) is 5.26 Å². The van der Waals surface area contributed by atoms with E-state index in [9.17, 15) is 13.2 Å². The number of carbonyl (C=O) groups is 1. The van der Waals surface area contributed by atoms with Crippen molar-refractivity contribution in [2.24, 2.45) is 0 Å². The zero-order chi connectivity index (χ0) is 20.1. The Morgan fingerprint density at radius 1 is 1.11 bits per heavy atom. The molecule has 144 valence electrons. The van der Waals surface area contributed by atoms with Gasteiger partial charge >= 0.3 is 0 Å². The number of carbonyl (C=O) groups excluding carboxylic acids is 1. The average Bonchev–Trinajstić information content (AvgIpc) is 3.06. The van der Waals surface area contributed by atoms with E-state index in [1.165, 1.54) is 4.90 Å². The molecule has 28 heavy (non-hydrogen) atoms. The van der Waals surface area contributed by atoms with Crippen LogP contribution in [0.1, 0.15) is 12.0 Å². The quantitative estimate of drug-likeness (QED) is 0.616. The summed E-state index contributed by atoms with van der Waals surface area (Å²) in [6, 6.07) is 18.2. The standard InChI is InChI=1S/C21H21N3O3S/c1-23(13-7-12-22)21(25)15-24-14-20(18-10-5-6-11-19(18)24)28(26,27)16-17-8-3-2-4-9-17/h2-6,8-11,14H,7,13,15-16H2,1H3. The molecular weight excluding hydrogens is 374 g/mol. The number of hydrogen-bond donors (Lipinski definition) is 0. The summed E-state index contributed by atoms with van der Waals surface area (Å²) < 4.78 is 27.8. The topological polar surface area (TPSA) is 83.2 Å². The molecule has 0 N–H and O–H groups in total. The Hall–Kier alpha value is -3.11. The Balaban J connectivity index is 1.95. The van der Waals surface area contributed by atoms with Crippen LogP contribution in [0.5, 0.6) is 0 Å². The van der Waals surface area contributed by atoms with Crippen LogP contribution in [0.3, 0.4) is 0 Å². The lowest BCUT2D eigenvalue weighted by atomic mass is 10.2. The molecule has 1 heterocycles. The number of aromatic nitrogens is 1. The fourth-order valence-electron chi connectivity index (χ4n) is 3.07. The third kappa shape index (κ3) is 4.24. The molecule has 1 amide bonds. The van der Waals surface area contributed by atoms with E-state index in [0.717, 1.165) is 0 Å². The molecule has 0 aliphatic heterocycles. The average molecular weight is 395 g/mol. The minimum absolute atomic E-state index is 0.0172. The molecule has 0 aliphatic rings. The Morgan fingerprint density at radius 2 is 1.79 bits per heavy atom. The molecule has 0 spiro atoms. The van der Waals surface area contributed by atoms with E-state index in [0.29, 0.717) is 23.0 Å². The number of rotatable bonds is 7. The molecule has 7 heteroatoms. The Kier molecular flexibility index (Phi) is 5.81. The highest BCUT2D eigenvalue weighted by Crippen LogP contribution is 2.28. The van der Waals surface area contributed by atoms with E-state index in [2.05, 4.69) is 0 Å². The third-order valence-electron chi connectivity index (χ3n) is 4.58. The number of nitrogens with zero attached hydrogens (tertiary/aromatic N) is 3. The van der Waals surface area contributed by atoms with Crippen molar-refractivity contribution >= 4 is 26.6 Å². The summed E-state index contributed by atoms with van der Waals surface area (Å²) in [5.74, 6) is -0.277. The van der Waals surface area contributed by atoms with Crippen LogP contribution >= 0.6 is 0 Å². The van der Waals surface area contributed by atoms with Gasteiger partial charge in [-0.25, -0.2) is 8.42 Å². The molecule has 3 rings (SSSR count). The van der Waals surface area contributed by atoms with Crippen LogP contribution in [0.25, 0.3) is 10.9 Å². The first-order valence-electron chi connectivity index (χ1n) is 8.88. The molecule has 0 aliphatic carbocycles. The van der Waals surface area contributed by atoms with Crippen molar-refractivity contribution < 1.29 is 13.2 Å². The third-order valence-corrected chi connectivity index (χ3v) is 6.29. The predicted molar refractivity (Wildman–Crippen MR) is 107 cm³/mol. The molecule has 0 bridgehead atoms. The van der Waals surface area contributed by atoms with Crippen LogP contribution in [-0.4, -0.2) is 37.4 Å². The highest BCUT2D eigenvalue weighted by atomic mass is 32.2. The summed E-state index contributed by atoms with van der Waals surface area (Å²) in [4.78, 5) is 14.2. The van der Waals surface area contributed by atoms with E-state index in [1.807, 2.05) is 30.3 Å². The van der Waals surface area contributed by atoms with Crippen molar-refractivity contribution in [3.05, 3.63) is 66.4 Å².